The number of ketones is 1. The van der Waals surface area contributed by atoms with Crippen LogP contribution in [0.5, 0.6) is 5.75 Å². The summed E-state index contributed by atoms with van der Waals surface area (Å²) in [6, 6.07) is 19.1. The number of ether oxygens (including phenoxy) is 1. The number of Topliss-reactive ketones (excluding diaryl/α,β-unsaturated/α-hetero) is 1. The van der Waals surface area contributed by atoms with Gasteiger partial charge in [0.15, 0.2) is 5.78 Å². The number of imide groups is 1. The van der Waals surface area contributed by atoms with Crippen LogP contribution in [0.25, 0.3) is 6.08 Å². The minimum atomic E-state index is -0.871. The zero-order valence-electron chi connectivity index (χ0n) is 19.7. The number of benzene rings is 3. The molecule has 6 rings (SSSR count). The molecule has 0 aromatic heterocycles. The number of carbonyl (C=O) groups excluding carboxylic acids is 4. The molecule has 2 amide bonds. The largest absolute Gasteiger partial charge is 0.427 e. The molecule has 0 radical (unpaired) electrons. The van der Waals surface area contributed by atoms with E-state index in [1.807, 2.05) is 41.3 Å². The van der Waals surface area contributed by atoms with Crippen molar-refractivity contribution >= 4 is 52.6 Å². The second-order valence-electron chi connectivity index (χ2n) is 9.28. The molecule has 4 atom stereocenters. The Kier molecular flexibility index (Phi) is 5.46. The summed E-state index contributed by atoms with van der Waals surface area (Å²) >= 11 is 6.05. The maximum Gasteiger partial charge on any atom is 0.308 e. The molecular formula is C29H21ClN2O5. The first kappa shape index (κ1) is 23.2. The predicted molar refractivity (Wildman–Crippen MR) is 139 cm³/mol. The lowest BCUT2D eigenvalue weighted by molar-refractivity contribution is -0.132. The molecule has 0 N–H and O–H groups in total. The fraction of sp³-hybridized carbons (Fsp3) is 0.172. The van der Waals surface area contributed by atoms with E-state index in [0.717, 1.165) is 16.2 Å². The standard InChI is InChI=1S/C29H21ClN2O5/c1-16(33)37-21-13-11-20(12-14-21)31-28(35)24-23-15-8-17-4-2-3-5-22(17)32(23)26(25(24)29(31)36)27(34)18-6-9-19(30)10-7-18/h2-15,23-26H,1H3/t23-,24+,25-,26+/m1/s1. The molecule has 3 aliphatic rings. The van der Waals surface area contributed by atoms with Crippen molar-refractivity contribution in [3.8, 4) is 5.75 Å². The molecule has 8 heteroatoms. The van der Waals surface area contributed by atoms with E-state index in [2.05, 4.69) is 0 Å². The van der Waals surface area contributed by atoms with Gasteiger partial charge in [-0.05, 0) is 60.2 Å². The number of nitrogens with zero attached hydrogens (tertiary/aromatic N) is 2. The third-order valence-electron chi connectivity index (χ3n) is 7.17. The zero-order valence-corrected chi connectivity index (χ0v) is 20.5. The zero-order chi connectivity index (χ0) is 25.8. The van der Waals surface area contributed by atoms with Gasteiger partial charge in [0.25, 0.3) is 0 Å². The highest BCUT2D eigenvalue weighted by atomic mass is 35.5. The lowest BCUT2D eigenvalue weighted by Crippen LogP contribution is -2.48. The molecule has 0 spiro atoms. The van der Waals surface area contributed by atoms with Gasteiger partial charge < -0.3 is 9.64 Å². The van der Waals surface area contributed by atoms with Crippen LogP contribution in [0.15, 0.2) is 78.9 Å². The van der Waals surface area contributed by atoms with Crippen LogP contribution in [0.4, 0.5) is 11.4 Å². The lowest BCUT2D eigenvalue weighted by Gasteiger charge is -2.36. The lowest BCUT2D eigenvalue weighted by atomic mass is 9.86. The molecule has 0 bridgehead atoms. The summed E-state index contributed by atoms with van der Waals surface area (Å²) in [5.74, 6) is -2.79. The van der Waals surface area contributed by atoms with Gasteiger partial charge >= 0.3 is 5.97 Å². The maximum absolute atomic E-state index is 14.0. The molecule has 184 valence electrons. The Labute approximate surface area is 217 Å². The van der Waals surface area contributed by atoms with Gasteiger partial charge in [-0.15, -0.1) is 0 Å². The van der Waals surface area contributed by atoms with Crippen LogP contribution in [0.3, 0.4) is 0 Å². The summed E-state index contributed by atoms with van der Waals surface area (Å²) in [6.45, 7) is 1.29. The van der Waals surface area contributed by atoms with Crippen LogP contribution in [0.2, 0.25) is 5.02 Å². The van der Waals surface area contributed by atoms with Gasteiger partial charge in [0.1, 0.15) is 11.8 Å². The summed E-state index contributed by atoms with van der Waals surface area (Å²) in [5.41, 5.74) is 2.52. The van der Waals surface area contributed by atoms with Crippen molar-refractivity contribution in [1.82, 2.24) is 0 Å². The minimum absolute atomic E-state index is 0.243. The Bertz CT molecular complexity index is 1480. The fourth-order valence-electron chi connectivity index (χ4n) is 5.68. The summed E-state index contributed by atoms with van der Waals surface area (Å²) in [4.78, 5) is 56.0. The third kappa shape index (κ3) is 3.65. The topological polar surface area (TPSA) is 84.0 Å². The van der Waals surface area contributed by atoms with Gasteiger partial charge in [0.05, 0.1) is 23.6 Å². The average Bonchev–Trinajstić information content (AvgIpc) is 3.37. The number of carbonyl (C=O) groups is 4. The summed E-state index contributed by atoms with van der Waals surface area (Å²) < 4.78 is 5.07. The number of para-hydroxylation sites is 1. The first-order valence-electron chi connectivity index (χ1n) is 11.9. The second-order valence-corrected chi connectivity index (χ2v) is 9.72. The van der Waals surface area contributed by atoms with Crippen LogP contribution >= 0.6 is 11.6 Å². The van der Waals surface area contributed by atoms with Crippen molar-refractivity contribution in [3.05, 3.63) is 95.0 Å². The van der Waals surface area contributed by atoms with Crippen LogP contribution in [-0.2, 0) is 14.4 Å². The van der Waals surface area contributed by atoms with E-state index in [1.54, 1.807) is 36.4 Å². The van der Waals surface area contributed by atoms with Gasteiger partial charge in [-0.1, -0.05) is 42.0 Å². The van der Waals surface area contributed by atoms with Crippen LogP contribution in [0, 0.1) is 11.8 Å². The molecule has 2 fully saturated rings. The Hall–Kier alpha value is -4.23. The van der Waals surface area contributed by atoms with E-state index in [-0.39, 0.29) is 11.7 Å². The van der Waals surface area contributed by atoms with Gasteiger partial charge in [-0.3, -0.25) is 19.2 Å². The summed E-state index contributed by atoms with van der Waals surface area (Å²) in [7, 11) is 0. The first-order chi connectivity index (χ1) is 17.8. The van der Waals surface area contributed by atoms with E-state index in [0.29, 0.717) is 22.0 Å². The number of amides is 2. The normalized spacial score (nSPS) is 23.5. The van der Waals surface area contributed by atoms with Crippen molar-refractivity contribution in [2.75, 3.05) is 9.80 Å². The average molecular weight is 513 g/mol. The Morgan fingerprint density at radius 1 is 0.865 bits per heavy atom. The Morgan fingerprint density at radius 3 is 2.24 bits per heavy atom. The number of fused-ring (bicyclic) bond motifs is 5. The first-order valence-corrected chi connectivity index (χ1v) is 12.2. The molecule has 3 aromatic rings. The molecule has 37 heavy (non-hydrogen) atoms. The van der Waals surface area contributed by atoms with Gasteiger partial charge in [0.2, 0.25) is 11.8 Å². The van der Waals surface area contributed by atoms with Crippen molar-refractivity contribution in [1.29, 1.82) is 0 Å². The highest BCUT2D eigenvalue weighted by Crippen LogP contribution is 2.49. The van der Waals surface area contributed by atoms with E-state index in [9.17, 15) is 19.2 Å². The van der Waals surface area contributed by atoms with Crippen molar-refractivity contribution < 1.29 is 23.9 Å². The molecule has 2 saturated heterocycles. The van der Waals surface area contributed by atoms with Crippen LogP contribution < -0.4 is 14.5 Å². The highest BCUT2D eigenvalue weighted by Gasteiger charge is 2.64. The van der Waals surface area contributed by atoms with Crippen LogP contribution in [-0.4, -0.2) is 35.7 Å². The molecule has 3 heterocycles. The number of halogens is 1. The Balaban J connectivity index is 1.43. The number of hydrogen-bond donors (Lipinski definition) is 0. The second kappa shape index (κ2) is 8.71. The van der Waals surface area contributed by atoms with E-state index in [1.165, 1.54) is 19.1 Å². The fourth-order valence-corrected chi connectivity index (χ4v) is 5.81. The molecule has 0 saturated carbocycles. The quantitative estimate of drug-likeness (QED) is 0.221. The number of hydrogen-bond acceptors (Lipinski definition) is 6. The van der Waals surface area contributed by atoms with Crippen molar-refractivity contribution in [3.63, 3.8) is 0 Å². The SMILES string of the molecule is CC(=O)Oc1ccc(N2C(=O)[C@@H]3[C@@H](C2=O)[C@@H](C(=O)c2ccc(Cl)cc2)N2c4ccccc4C=C[C@H]32)cc1. The van der Waals surface area contributed by atoms with Gasteiger partial charge in [0, 0.05) is 23.2 Å². The summed E-state index contributed by atoms with van der Waals surface area (Å²) in [5, 5.41) is 0.500. The minimum Gasteiger partial charge on any atom is -0.427 e. The van der Waals surface area contributed by atoms with E-state index < -0.39 is 35.8 Å². The molecule has 7 nitrogen and oxygen atoms in total. The van der Waals surface area contributed by atoms with Crippen molar-refractivity contribution in [2.45, 2.75) is 19.0 Å². The third-order valence-corrected chi connectivity index (χ3v) is 7.42. The maximum atomic E-state index is 14.0. The monoisotopic (exact) mass is 512 g/mol. The molecule has 3 aliphatic heterocycles. The van der Waals surface area contributed by atoms with E-state index in [4.69, 9.17) is 16.3 Å². The number of rotatable bonds is 4. The molecule has 0 aliphatic carbocycles. The molecule has 3 aromatic carbocycles. The summed E-state index contributed by atoms with van der Waals surface area (Å²) in [6.07, 6.45) is 3.85. The van der Waals surface area contributed by atoms with E-state index >= 15 is 0 Å². The Morgan fingerprint density at radius 2 is 1.54 bits per heavy atom. The predicted octanol–water partition coefficient (Wildman–Crippen LogP) is 4.54. The van der Waals surface area contributed by atoms with Gasteiger partial charge in [-0.2, -0.15) is 0 Å². The van der Waals surface area contributed by atoms with Crippen molar-refractivity contribution in [2.24, 2.45) is 11.8 Å². The van der Waals surface area contributed by atoms with Gasteiger partial charge in [-0.25, -0.2) is 4.90 Å². The number of esters is 1. The molecule has 0 unspecified atom stereocenters. The highest BCUT2D eigenvalue weighted by molar-refractivity contribution is 6.30. The molecular weight excluding hydrogens is 492 g/mol. The smallest absolute Gasteiger partial charge is 0.308 e. The van der Waals surface area contributed by atoms with Crippen LogP contribution in [0.1, 0.15) is 22.8 Å². The number of anilines is 2.